The van der Waals surface area contributed by atoms with Gasteiger partial charge in [-0.1, -0.05) is 35.0 Å². The van der Waals surface area contributed by atoms with E-state index in [2.05, 4.69) is 43.2 Å². The Hall–Kier alpha value is -2.28. The predicted octanol–water partition coefficient (Wildman–Crippen LogP) is 3.70. The van der Waals surface area contributed by atoms with Crippen LogP contribution in [0.5, 0.6) is 0 Å². The highest BCUT2D eigenvalue weighted by Crippen LogP contribution is 2.20. The molecule has 2 heterocycles. The number of rotatable bonds is 6. The minimum absolute atomic E-state index is 0.0220. The quantitative estimate of drug-likeness (QED) is 0.665. The maximum atomic E-state index is 12.5. The molecule has 0 fully saturated rings. The van der Waals surface area contributed by atoms with Gasteiger partial charge in [-0.3, -0.25) is 4.79 Å². The molecular formula is C19H22BrN5O. The van der Waals surface area contributed by atoms with Crippen LogP contribution in [0.25, 0.3) is 5.78 Å². The third-order valence-electron chi connectivity index (χ3n) is 4.61. The first-order valence-electron chi connectivity index (χ1n) is 8.70. The first-order chi connectivity index (χ1) is 12.5. The Labute approximate surface area is 161 Å². The van der Waals surface area contributed by atoms with E-state index in [4.69, 9.17) is 0 Å². The van der Waals surface area contributed by atoms with Gasteiger partial charge in [0.05, 0.1) is 6.04 Å². The summed E-state index contributed by atoms with van der Waals surface area (Å²) in [5.41, 5.74) is 4.05. The highest BCUT2D eigenvalue weighted by Gasteiger charge is 2.15. The molecule has 0 aliphatic carbocycles. The zero-order chi connectivity index (χ0) is 18.7. The van der Waals surface area contributed by atoms with Crippen LogP contribution in [0.4, 0.5) is 0 Å². The number of hydrogen-bond donors (Lipinski definition) is 1. The van der Waals surface area contributed by atoms with E-state index in [1.807, 2.05) is 38.1 Å². The largest absolute Gasteiger partial charge is 0.349 e. The van der Waals surface area contributed by atoms with Crippen LogP contribution in [0.2, 0.25) is 0 Å². The number of carbonyl (C=O) groups is 1. The van der Waals surface area contributed by atoms with Crippen molar-refractivity contribution in [3.63, 3.8) is 0 Å². The van der Waals surface area contributed by atoms with Crippen molar-refractivity contribution >= 4 is 27.6 Å². The number of hydrogen-bond acceptors (Lipinski definition) is 4. The lowest BCUT2D eigenvalue weighted by atomic mass is 10.0. The van der Waals surface area contributed by atoms with Gasteiger partial charge in [-0.25, -0.2) is 9.50 Å². The zero-order valence-electron chi connectivity index (χ0n) is 15.2. The number of nitrogens with one attached hydrogen (secondary N) is 1. The Morgan fingerprint density at radius 2 is 2.00 bits per heavy atom. The van der Waals surface area contributed by atoms with Crippen molar-refractivity contribution in [1.29, 1.82) is 0 Å². The molecule has 1 aromatic carbocycles. The van der Waals surface area contributed by atoms with Gasteiger partial charge in [-0.15, -0.1) is 0 Å². The number of aryl methyl sites for hydroxylation is 2. The van der Waals surface area contributed by atoms with Gasteiger partial charge in [-0.05, 0) is 49.9 Å². The highest BCUT2D eigenvalue weighted by molar-refractivity contribution is 9.10. The fraction of sp³-hybridized carbons (Fsp3) is 0.368. The molecule has 1 amide bonds. The van der Waals surface area contributed by atoms with Crippen molar-refractivity contribution < 1.29 is 4.79 Å². The molecule has 3 aromatic rings. The van der Waals surface area contributed by atoms with Gasteiger partial charge < -0.3 is 5.32 Å². The normalized spacial score (nSPS) is 12.3. The Kier molecular flexibility index (Phi) is 5.66. The average Bonchev–Trinajstić information content (AvgIpc) is 3.09. The van der Waals surface area contributed by atoms with Gasteiger partial charge >= 0.3 is 0 Å². The van der Waals surface area contributed by atoms with E-state index in [1.165, 1.54) is 6.33 Å². The molecule has 2 aromatic heterocycles. The molecule has 0 aliphatic rings. The van der Waals surface area contributed by atoms with Crippen molar-refractivity contribution in [3.8, 4) is 0 Å². The maximum Gasteiger partial charge on any atom is 0.252 e. The molecule has 0 radical (unpaired) electrons. The summed E-state index contributed by atoms with van der Waals surface area (Å²) in [6, 6.07) is 8.09. The van der Waals surface area contributed by atoms with Crippen LogP contribution in [-0.2, 0) is 11.2 Å². The average molecular weight is 416 g/mol. The van der Waals surface area contributed by atoms with Crippen molar-refractivity contribution in [2.75, 3.05) is 0 Å². The lowest BCUT2D eigenvalue weighted by molar-refractivity contribution is -0.121. The van der Waals surface area contributed by atoms with Gasteiger partial charge in [0.15, 0.2) is 0 Å². The minimum Gasteiger partial charge on any atom is -0.349 e. The highest BCUT2D eigenvalue weighted by atomic mass is 79.9. The van der Waals surface area contributed by atoms with Gasteiger partial charge in [0, 0.05) is 22.3 Å². The van der Waals surface area contributed by atoms with Crippen molar-refractivity contribution in [2.24, 2.45) is 0 Å². The Balaban J connectivity index is 1.67. The summed E-state index contributed by atoms with van der Waals surface area (Å²) in [6.45, 7) is 6.01. The second-order valence-electron chi connectivity index (χ2n) is 6.31. The topological polar surface area (TPSA) is 72.2 Å². The summed E-state index contributed by atoms with van der Waals surface area (Å²) < 4.78 is 2.75. The molecule has 1 atom stereocenters. The maximum absolute atomic E-state index is 12.5. The first kappa shape index (κ1) is 18.5. The van der Waals surface area contributed by atoms with E-state index in [9.17, 15) is 4.79 Å². The van der Waals surface area contributed by atoms with Crippen LogP contribution in [0.3, 0.4) is 0 Å². The SMILES string of the molecule is CC[C@H](NC(=O)CCc1c(C)nc2ncnn2c1C)c1ccc(Br)cc1. The van der Waals surface area contributed by atoms with Crippen molar-refractivity contribution in [1.82, 2.24) is 24.9 Å². The van der Waals surface area contributed by atoms with E-state index in [0.29, 0.717) is 18.6 Å². The van der Waals surface area contributed by atoms with Gasteiger partial charge in [0.25, 0.3) is 5.78 Å². The third kappa shape index (κ3) is 3.93. The van der Waals surface area contributed by atoms with Crippen molar-refractivity contribution in [2.45, 2.75) is 46.1 Å². The zero-order valence-corrected chi connectivity index (χ0v) is 16.7. The molecule has 1 N–H and O–H groups in total. The first-order valence-corrected chi connectivity index (χ1v) is 9.49. The van der Waals surface area contributed by atoms with E-state index in [0.717, 1.165) is 33.4 Å². The van der Waals surface area contributed by atoms with Gasteiger partial charge in [0.2, 0.25) is 5.91 Å². The molecular weight excluding hydrogens is 394 g/mol. The molecule has 3 rings (SSSR count). The lowest BCUT2D eigenvalue weighted by Gasteiger charge is -2.18. The molecule has 7 heteroatoms. The molecule has 0 bridgehead atoms. The standard InChI is InChI=1S/C19H22BrN5O/c1-4-17(14-5-7-15(20)8-6-14)24-18(26)10-9-16-12(2)23-19-21-11-22-25(19)13(16)3/h5-8,11,17H,4,9-10H2,1-3H3,(H,24,26)/t17-/m0/s1. The van der Waals surface area contributed by atoms with E-state index >= 15 is 0 Å². The van der Waals surface area contributed by atoms with Crippen LogP contribution in [-0.4, -0.2) is 25.5 Å². The molecule has 6 nitrogen and oxygen atoms in total. The van der Waals surface area contributed by atoms with Crippen molar-refractivity contribution in [3.05, 3.63) is 57.6 Å². The minimum atomic E-state index is 0.0220. The number of fused-ring (bicyclic) bond motifs is 1. The monoisotopic (exact) mass is 415 g/mol. The molecule has 0 unspecified atom stereocenters. The van der Waals surface area contributed by atoms with Gasteiger partial charge in [0.1, 0.15) is 6.33 Å². The fourth-order valence-electron chi connectivity index (χ4n) is 3.14. The predicted molar refractivity (Wildman–Crippen MR) is 104 cm³/mol. The number of halogens is 1. The summed E-state index contributed by atoms with van der Waals surface area (Å²) in [5, 5.41) is 7.33. The second-order valence-corrected chi connectivity index (χ2v) is 7.23. The summed E-state index contributed by atoms with van der Waals surface area (Å²) in [7, 11) is 0. The summed E-state index contributed by atoms with van der Waals surface area (Å²) in [5.74, 6) is 0.631. The molecule has 0 spiro atoms. The smallest absolute Gasteiger partial charge is 0.252 e. The van der Waals surface area contributed by atoms with Crippen LogP contribution in [0, 0.1) is 13.8 Å². The third-order valence-corrected chi connectivity index (χ3v) is 5.14. The Morgan fingerprint density at radius 1 is 1.27 bits per heavy atom. The Morgan fingerprint density at radius 3 is 2.69 bits per heavy atom. The fourth-order valence-corrected chi connectivity index (χ4v) is 3.40. The van der Waals surface area contributed by atoms with E-state index in [-0.39, 0.29) is 11.9 Å². The van der Waals surface area contributed by atoms with E-state index in [1.54, 1.807) is 4.52 Å². The van der Waals surface area contributed by atoms with Crippen LogP contribution in [0.15, 0.2) is 35.1 Å². The number of aromatic nitrogens is 4. The molecule has 26 heavy (non-hydrogen) atoms. The lowest BCUT2D eigenvalue weighted by Crippen LogP contribution is -2.28. The summed E-state index contributed by atoms with van der Waals surface area (Å²) >= 11 is 3.44. The van der Waals surface area contributed by atoms with Gasteiger partial charge in [-0.2, -0.15) is 10.1 Å². The summed E-state index contributed by atoms with van der Waals surface area (Å²) in [6.07, 6.45) is 3.38. The summed E-state index contributed by atoms with van der Waals surface area (Å²) in [4.78, 5) is 21.1. The van der Waals surface area contributed by atoms with Crippen LogP contribution < -0.4 is 5.32 Å². The molecule has 0 saturated carbocycles. The molecule has 0 aliphatic heterocycles. The Bertz CT molecular complexity index is 920. The number of benzene rings is 1. The van der Waals surface area contributed by atoms with E-state index < -0.39 is 0 Å². The van der Waals surface area contributed by atoms with Crippen LogP contribution >= 0.6 is 15.9 Å². The second kappa shape index (κ2) is 7.95. The number of amides is 1. The number of carbonyl (C=O) groups excluding carboxylic acids is 1. The van der Waals surface area contributed by atoms with Crippen LogP contribution in [0.1, 0.15) is 48.3 Å². The molecule has 0 saturated heterocycles. The number of nitrogens with zero attached hydrogens (tertiary/aromatic N) is 4. The molecule has 136 valence electrons.